The first-order valence-electron chi connectivity index (χ1n) is 62.8. The molecule has 6 N–H and O–H groups in total. The molecular weight excluding hydrogens is 1920 g/mol. The van der Waals surface area contributed by atoms with Crippen molar-refractivity contribution in [2.75, 3.05) is 119 Å². The number of hydrogen-bond donors (Lipinski definition) is 6. The van der Waals surface area contributed by atoms with Crippen LogP contribution in [0.3, 0.4) is 0 Å². The predicted molar refractivity (Wildman–Crippen MR) is 586 cm³/mol. The lowest BCUT2D eigenvalue weighted by atomic mass is 9.94. The van der Waals surface area contributed by atoms with Crippen LogP contribution < -0.4 is 0 Å². The Morgan fingerprint density at radius 3 is 0.307 bits per heavy atom. The number of unbranched alkanes of at least 4 members (excludes halogenated alkanes) is 48. The van der Waals surface area contributed by atoms with Crippen molar-refractivity contribution in [2.45, 2.75) is 653 Å². The molecule has 30 unspecified atom stereocenters. The third-order valence-corrected chi connectivity index (χ3v) is 31.1. The number of ether oxygens (including phenoxy) is 24. The van der Waals surface area contributed by atoms with E-state index < -0.39 is 224 Å². The second-order valence-corrected chi connectivity index (χ2v) is 44.0. The van der Waals surface area contributed by atoms with Gasteiger partial charge in [0, 0.05) is 79.3 Å². The van der Waals surface area contributed by atoms with Crippen LogP contribution in [0.25, 0.3) is 0 Å². The van der Waals surface area contributed by atoms with Crippen molar-refractivity contribution < 1.29 is 144 Å². The molecule has 0 aliphatic carbocycles. The Balaban J connectivity index is 1.62. The topological polar surface area (TPSA) is 343 Å². The molecule has 30 nitrogen and oxygen atoms in total. The van der Waals surface area contributed by atoms with E-state index in [1.807, 2.05) is 0 Å². The lowest BCUT2D eigenvalue weighted by molar-refractivity contribution is -0.414. The van der Waals surface area contributed by atoms with Gasteiger partial charge in [-0.1, -0.05) is 391 Å². The van der Waals surface area contributed by atoms with Crippen LogP contribution in [-0.4, -0.2) is 334 Å². The van der Waals surface area contributed by atoms with Gasteiger partial charge in [-0.05, 0) is 77.0 Å². The van der Waals surface area contributed by atoms with Crippen molar-refractivity contribution in [1.82, 2.24) is 0 Å². The van der Waals surface area contributed by atoms with Gasteiger partial charge >= 0.3 is 0 Å². The van der Waals surface area contributed by atoms with Crippen LogP contribution in [0.2, 0.25) is 0 Å². The van der Waals surface area contributed by atoms with Crippen LogP contribution in [0, 0.1) is 0 Å². The molecule has 22 saturated heterocycles. The van der Waals surface area contributed by atoms with Crippen LogP contribution in [0.1, 0.15) is 468 Å². The van der Waals surface area contributed by atoms with Gasteiger partial charge in [-0.15, -0.1) is 0 Å². The average molecular weight is 2150 g/mol. The number of aliphatic hydroxyl groups is 6. The van der Waals surface area contributed by atoms with Gasteiger partial charge in [0.2, 0.25) is 0 Å². The Labute approximate surface area is 911 Å². The first-order chi connectivity index (χ1) is 73.9. The number of aliphatic hydroxyl groups excluding tert-OH is 6. The highest BCUT2D eigenvalue weighted by Gasteiger charge is 2.62. The highest BCUT2D eigenvalue weighted by Crippen LogP contribution is 2.45. The number of hydrogen-bond acceptors (Lipinski definition) is 30. The van der Waals surface area contributed by atoms with E-state index in [9.17, 15) is 30.6 Å². The molecule has 150 heavy (non-hydrogen) atoms. The van der Waals surface area contributed by atoms with E-state index in [0.717, 1.165) is 308 Å². The molecule has 22 rings (SSSR count). The molecule has 888 valence electrons. The fraction of sp³-hybridized carbons (Fsp3) is 1.00. The summed E-state index contributed by atoms with van der Waals surface area (Å²) in [7, 11) is 0. The van der Waals surface area contributed by atoms with E-state index in [-0.39, 0.29) is 79.3 Å². The fourth-order valence-electron chi connectivity index (χ4n) is 22.0. The molecule has 0 aromatic carbocycles. The van der Waals surface area contributed by atoms with Gasteiger partial charge in [-0.3, -0.25) is 0 Å². The Morgan fingerprint density at radius 2 is 0.213 bits per heavy atom. The molecular formula is C120H228O30. The molecule has 0 saturated carbocycles. The second-order valence-electron chi connectivity index (χ2n) is 44.0. The standard InChI is InChI=1S/C120H228O30/c1-13-25-37-49-61-73-127-103-97-91(85-121)139-115(109(103)133-79-67-55-43-31-19-7)146-98-92(86-122)141-117(111(135-81-69-57-45-33-21-9)104(98)128-74-62-50-38-26-14-2)148-100-94(88-124)143-119(113(137-83-71-59-47-35-23-11)106(100)130-76-64-52-40-28-16-4)150-102-96(90-126)144-120(114(138-84-72-60-48-36-24-12)108(102)132-78-66-54-42-30-18-6)149-101-95(89-125)142-118(112(136-82-70-58-46-34-22-10)107(101)131-77-65-53-41-29-17-5)147-99-93(87-123)140-116(145-97)110(134-80-68-56-44-32-20-8)105(99)129-75-63-51-39-27-15-3/h91-126H,13-90H2,1-12H3. The summed E-state index contributed by atoms with van der Waals surface area (Å²) in [5.74, 6) is 0. The number of rotatable bonds is 90. The van der Waals surface area contributed by atoms with Crippen LogP contribution in [0.15, 0.2) is 0 Å². The minimum Gasteiger partial charge on any atom is -0.394 e. The zero-order valence-corrected chi connectivity index (χ0v) is 97.0. The molecule has 12 bridgehead atoms. The molecule has 0 spiro atoms. The molecule has 22 fully saturated rings. The van der Waals surface area contributed by atoms with Crippen molar-refractivity contribution in [3.8, 4) is 0 Å². The van der Waals surface area contributed by atoms with Gasteiger partial charge in [0.1, 0.15) is 146 Å². The van der Waals surface area contributed by atoms with Crippen LogP contribution in [-0.2, 0) is 114 Å². The summed E-state index contributed by atoms with van der Waals surface area (Å²) in [6.45, 7) is 25.8. The second kappa shape index (κ2) is 87.5. The summed E-state index contributed by atoms with van der Waals surface area (Å²) in [5.41, 5.74) is 0. The van der Waals surface area contributed by atoms with Gasteiger partial charge in [0.15, 0.2) is 37.7 Å². The van der Waals surface area contributed by atoms with Crippen LogP contribution >= 0.6 is 0 Å². The first kappa shape index (κ1) is 136. The lowest BCUT2D eigenvalue weighted by Gasteiger charge is -2.53. The summed E-state index contributed by atoms with van der Waals surface area (Å²) < 4.78 is 181. The van der Waals surface area contributed by atoms with Gasteiger partial charge in [-0.25, -0.2) is 0 Å². The molecule has 0 aromatic rings. The zero-order valence-electron chi connectivity index (χ0n) is 97.0. The highest BCUT2D eigenvalue weighted by molar-refractivity contribution is 5.05. The van der Waals surface area contributed by atoms with E-state index in [4.69, 9.17) is 114 Å². The smallest absolute Gasteiger partial charge is 0.187 e. The van der Waals surface area contributed by atoms with Gasteiger partial charge < -0.3 is 144 Å². The van der Waals surface area contributed by atoms with Crippen molar-refractivity contribution in [3.05, 3.63) is 0 Å². The largest absolute Gasteiger partial charge is 0.394 e. The molecule has 30 atom stereocenters. The van der Waals surface area contributed by atoms with Gasteiger partial charge in [-0.2, -0.15) is 0 Å². The summed E-state index contributed by atoms with van der Waals surface area (Å²) >= 11 is 0. The molecule has 22 heterocycles. The maximum atomic E-state index is 12.5. The minimum absolute atomic E-state index is 0.253. The first-order valence-corrected chi connectivity index (χ1v) is 62.8. The van der Waals surface area contributed by atoms with E-state index in [1.54, 1.807) is 0 Å². The van der Waals surface area contributed by atoms with Gasteiger partial charge in [0.25, 0.3) is 0 Å². The summed E-state index contributed by atoms with van der Waals surface area (Å²) in [5, 5.41) is 75.2. The van der Waals surface area contributed by atoms with E-state index in [1.165, 1.54) is 0 Å². The summed E-state index contributed by atoms with van der Waals surface area (Å²) in [6, 6.07) is 0. The SMILES string of the molecule is CCCCCCCOC1C2OC(CO)C(OC3OC(CO)C(OC4OC(CO)C(OC5OC(CO)C(OC6OC(CO)C(OC7OC(CO)C(O2)C(OCCCCCCC)C7OCCCCCCC)C(OCCCCCCC)C6OCCCCCCC)C(OCCCCCCC)C5OCCCCCCC)C(OCCCCCCC)C4OCCCCCCC)C(OCCCCCCC)C3OCCCCCCC)C1OCCCCCCC. The summed E-state index contributed by atoms with van der Waals surface area (Å²) in [4.78, 5) is 0. The van der Waals surface area contributed by atoms with E-state index >= 15 is 0 Å². The molecule has 22 aliphatic rings. The summed E-state index contributed by atoms with van der Waals surface area (Å²) in [6.07, 6.45) is 19.3. The van der Waals surface area contributed by atoms with Crippen molar-refractivity contribution >= 4 is 0 Å². The molecule has 0 aromatic heterocycles. The van der Waals surface area contributed by atoms with E-state index in [2.05, 4.69) is 83.1 Å². The third-order valence-electron chi connectivity index (χ3n) is 31.1. The molecule has 22 aliphatic heterocycles. The maximum Gasteiger partial charge on any atom is 0.187 e. The average Bonchev–Trinajstić information content (AvgIpc) is 0.751. The predicted octanol–water partition coefficient (Wildman–Crippen LogP) is 22.9. The fourth-order valence-corrected chi connectivity index (χ4v) is 22.0. The van der Waals surface area contributed by atoms with Crippen molar-refractivity contribution in [1.29, 1.82) is 0 Å². The van der Waals surface area contributed by atoms with Crippen molar-refractivity contribution in [2.24, 2.45) is 0 Å². The molecule has 0 amide bonds. The Morgan fingerprint density at radius 1 is 0.120 bits per heavy atom. The highest BCUT2D eigenvalue weighted by atomic mass is 16.8. The lowest BCUT2D eigenvalue weighted by Crippen LogP contribution is -2.70. The Kier molecular flexibility index (Phi) is 79.1. The monoisotopic (exact) mass is 2150 g/mol. The maximum absolute atomic E-state index is 12.5. The quantitative estimate of drug-likeness (QED) is 0.0308. The van der Waals surface area contributed by atoms with Crippen molar-refractivity contribution in [3.63, 3.8) is 0 Å². The Hall–Kier alpha value is -1.20. The molecule has 0 radical (unpaired) electrons. The minimum atomic E-state index is -1.39. The molecule has 30 heteroatoms. The normalized spacial score (nSPS) is 31.1. The van der Waals surface area contributed by atoms with Crippen LogP contribution in [0.4, 0.5) is 0 Å². The Bertz CT molecular complexity index is 2520. The zero-order chi connectivity index (χ0) is 107. The third kappa shape index (κ3) is 49.6. The van der Waals surface area contributed by atoms with E-state index in [0.29, 0.717) is 77.0 Å². The van der Waals surface area contributed by atoms with Crippen LogP contribution in [0.5, 0.6) is 0 Å². The van der Waals surface area contributed by atoms with Gasteiger partial charge in [0.05, 0.1) is 39.6 Å².